The number of anilines is 2. The quantitative estimate of drug-likeness (QED) is 0.242. The molecule has 5 N–H and O–H groups in total. The number of carbonyl (C=O) groups excluding carboxylic acids is 2. The third kappa shape index (κ3) is 7.61. The molecule has 0 atom stereocenters. The van der Waals surface area contributed by atoms with Crippen LogP contribution in [0.15, 0.2) is 65.6 Å². The second-order valence-electron chi connectivity index (χ2n) is 8.27. The fraction of sp³-hybridized carbons (Fsp3) is 0.231. The van der Waals surface area contributed by atoms with E-state index in [0.717, 1.165) is 11.1 Å². The van der Waals surface area contributed by atoms with Crippen LogP contribution in [0.4, 0.5) is 11.4 Å². The van der Waals surface area contributed by atoms with Crippen LogP contribution in [-0.4, -0.2) is 45.5 Å². The molecule has 0 saturated heterocycles. The van der Waals surface area contributed by atoms with Crippen molar-refractivity contribution in [1.29, 1.82) is 0 Å². The number of aromatic hydroxyl groups is 1. The molecule has 196 valence electrons. The molecule has 11 heteroatoms. The summed E-state index contributed by atoms with van der Waals surface area (Å²) in [5.74, 6) is -0.410. The molecule has 0 fully saturated rings. The average Bonchev–Trinajstić information content (AvgIpc) is 2.87. The summed E-state index contributed by atoms with van der Waals surface area (Å²) in [6, 6.07) is 16.1. The third-order valence-electron chi connectivity index (χ3n) is 5.39. The molecule has 0 heterocycles. The van der Waals surface area contributed by atoms with Gasteiger partial charge in [0.2, 0.25) is 5.91 Å². The van der Waals surface area contributed by atoms with Crippen molar-refractivity contribution in [2.24, 2.45) is 0 Å². The summed E-state index contributed by atoms with van der Waals surface area (Å²) in [6.45, 7) is 3.85. The molecule has 3 rings (SSSR count). The molecule has 10 nitrogen and oxygen atoms in total. The summed E-state index contributed by atoms with van der Waals surface area (Å²) >= 11 is 0. The van der Waals surface area contributed by atoms with Crippen LogP contribution < -0.4 is 25.4 Å². The Morgan fingerprint density at radius 2 is 1.70 bits per heavy atom. The van der Waals surface area contributed by atoms with E-state index in [-0.39, 0.29) is 41.7 Å². The minimum absolute atomic E-state index is 0.000148. The molecule has 0 radical (unpaired) electrons. The van der Waals surface area contributed by atoms with Gasteiger partial charge in [-0.1, -0.05) is 24.3 Å². The Labute approximate surface area is 216 Å². The minimum Gasteiger partial charge on any atom is -0.504 e. The van der Waals surface area contributed by atoms with Crippen LogP contribution in [-0.2, 0) is 21.4 Å². The molecule has 0 aliphatic rings. The Morgan fingerprint density at radius 1 is 0.973 bits per heavy atom. The normalized spacial score (nSPS) is 10.9. The zero-order valence-electron chi connectivity index (χ0n) is 20.8. The lowest BCUT2D eigenvalue weighted by atomic mass is 10.1. The number of aryl methyl sites for hydroxylation is 1. The summed E-state index contributed by atoms with van der Waals surface area (Å²) in [4.78, 5) is 23.8. The van der Waals surface area contributed by atoms with Gasteiger partial charge < -0.3 is 25.8 Å². The molecule has 0 spiro atoms. The Balaban J connectivity index is 1.89. The summed E-state index contributed by atoms with van der Waals surface area (Å²) in [5, 5.41) is 18.2. The van der Waals surface area contributed by atoms with Gasteiger partial charge in [-0.05, 0) is 54.4 Å². The van der Waals surface area contributed by atoms with E-state index in [1.807, 2.05) is 0 Å². The average molecular weight is 527 g/mol. The lowest BCUT2D eigenvalue weighted by molar-refractivity contribution is -0.118. The van der Waals surface area contributed by atoms with Crippen molar-refractivity contribution in [1.82, 2.24) is 10.6 Å². The molecule has 2 amide bonds. The number of methoxy groups -OCH3 is 1. The number of hydrogen-bond acceptors (Lipinski definition) is 7. The number of ether oxygens (including phenoxy) is 1. The predicted molar refractivity (Wildman–Crippen MR) is 141 cm³/mol. The van der Waals surface area contributed by atoms with Crippen LogP contribution in [0.3, 0.4) is 0 Å². The molecule has 3 aromatic rings. The first-order chi connectivity index (χ1) is 17.6. The zero-order valence-corrected chi connectivity index (χ0v) is 21.6. The largest absolute Gasteiger partial charge is 0.504 e. The number of carbonyl (C=O) groups is 2. The van der Waals surface area contributed by atoms with E-state index in [2.05, 4.69) is 20.7 Å². The van der Waals surface area contributed by atoms with Crippen LogP contribution in [0.5, 0.6) is 11.5 Å². The van der Waals surface area contributed by atoms with Crippen molar-refractivity contribution < 1.29 is 27.9 Å². The van der Waals surface area contributed by atoms with E-state index in [9.17, 15) is 23.1 Å². The first-order valence-electron chi connectivity index (χ1n) is 11.4. The maximum absolute atomic E-state index is 13.2. The van der Waals surface area contributed by atoms with Gasteiger partial charge in [-0.15, -0.1) is 0 Å². The SMILES string of the molecule is COc1cc(CNc2cc(C(=O)NCCNC(C)=O)cc(S(=O)(=O)Nc3ccccc3C)c2)ccc1O. The number of sulfonamides is 1. The Hall–Kier alpha value is -4.25. The fourth-order valence-electron chi connectivity index (χ4n) is 3.43. The topological polar surface area (TPSA) is 146 Å². The monoisotopic (exact) mass is 526 g/mol. The Kier molecular flexibility index (Phi) is 8.96. The van der Waals surface area contributed by atoms with E-state index in [1.54, 1.807) is 43.3 Å². The van der Waals surface area contributed by atoms with Gasteiger partial charge in [0.05, 0.1) is 17.7 Å². The third-order valence-corrected chi connectivity index (χ3v) is 6.74. The predicted octanol–water partition coefficient (Wildman–Crippen LogP) is 2.99. The first-order valence-corrected chi connectivity index (χ1v) is 12.9. The van der Waals surface area contributed by atoms with Gasteiger partial charge >= 0.3 is 0 Å². The molecule has 0 aliphatic heterocycles. The molecule has 0 saturated carbocycles. The van der Waals surface area contributed by atoms with E-state index < -0.39 is 15.9 Å². The highest BCUT2D eigenvalue weighted by atomic mass is 32.2. The van der Waals surface area contributed by atoms with Gasteiger partial charge in [0.15, 0.2) is 11.5 Å². The van der Waals surface area contributed by atoms with Crippen molar-refractivity contribution in [2.45, 2.75) is 25.3 Å². The van der Waals surface area contributed by atoms with Gasteiger partial charge in [-0.2, -0.15) is 0 Å². The molecule has 3 aromatic carbocycles. The van der Waals surface area contributed by atoms with Crippen molar-refractivity contribution in [3.05, 3.63) is 77.4 Å². The number of hydrogen-bond donors (Lipinski definition) is 5. The van der Waals surface area contributed by atoms with E-state index in [4.69, 9.17) is 4.74 Å². The molecular formula is C26H30N4O6S. The number of amides is 2. The molecule has 0 aliphatic carbocycles. The van der Waals surface area contributed by atoms with Crippen LogP contribution in [0.25, 0.3) is 0 Å². The second-order valence-corrected chi connectivity index (χ2v) is 9.95. The summed E-state index contributed by atoms with van der Waals surface area (Å²) in [7, 11) is -2.59. The number of nitrogens with one attached hydrogen (secondary N) is 4. The lowest BCUT2D eigenvalue weighted by Gasteiger charge is -2.15. The molecular weight excluding hydrogens is 496 g/mol. The van der Waals surface area contributed by atoms with Crippen molar-refractivity contribution >= 4 is 33.2 Å². The van der Waals surface area contributed by atoms with Crippen LogP contribution in [0, 0.1) is 6.92 Å². The van der Waals surface area contributed by atoms with Crippen LogP contribution >= 0.6 is 0 Å². The summed E-state index contributed by atoms with van der Waals surface area (Å²) in [5.41, 5.74) is 2.46. The Bertz CT molecular complexity index is 1390. The number of phenolic OH excluding ortho intramolecular Hbond substituents is 1. The van der Waals surface area contributed by atoms with Crippen molar-refractivity contribution in [3.8, 4) is 11.5 Å². The van der Waals surface area contributed by atoms with Gasteiger partial charge in [0.1, 0.15) is 0 Å². The maximum Gasteiger partial charge on any atom is 0.262 e. The number of phenols is 1. The first kappa shape index (κ1) is 27.3. The van der Waals surface area contributed by atoms with Gasteiger partial charge in [-0.25, -0.2) is 8.42 Å². The highest BCUT2D eigenvalue weighted by molar-refractivity contribution is 7.92. The Morgan fingerprint density at radius 3 is 2.41 bits per heavy atom. The highest BCUT2D eigenvalue weighted by Gasteiger charge is 2.19. The van der Waals surface area contributed by atoms with Crippen molar-refractivity contribution in [3.63, 3.8) is 0 Å². The minimum atomic E-state index is -4.03. The van der Waals surface area contributed by atoms with E-state index in [0.29, 0.717) is 17.1 Å². The molecule has 37 heavy (non-hydrogen) atoms. The van der Waals surface area contributed by atoms with Crippen LogP contribution in [0.1, 0.15) is 28.4 Å². The standard InChI is InChI=1S/C26H30N4O6S/c1-17-6-4-5-7-23(17)30-37(34,35)22-14-20(26(33)28-11-10-27-18(2)31)13-21(15-22)29-16-19-8-9-24(32)25(12-19)36-3/h4-9,12-15,29-30,32H,10-11,16H2,1-3H3,(H,27,31)(H,28,33). The van der Waals surface area contributed by atoms with Crippen LogP contribution in [0.2, 0.25) is 0 Å². The molecule has 0 bridgehead atoms. The van der Waals surface area contributed by atoms with Gasteiger partial charge in [-0.3, -0.25) is 14.3 Å². The van der Waals surface area contributed by atoms with Crippen molar-refractivity contribution in [2.75, 3.05) is 30.2 Å². The summed E-state index contributed by atoms with van der Waals surface area (Å²) in [6.07, 6.45) is 0. The highest BCUT2D eigenvalue weighted by Crippen LogP contribution is 2.27. The maximum atomic E-state index is 13.2. The number of rotatable bonds is 11. The number of benzene rings is 3. The molecule has 0 unspecified atom stereocenters. The zero-order chi connectivity index (χ0) is 27.0. The lowest BCUT2D eigenvalue weighted by Crippen LogP contribution is -2.33. The van der Waals surface area contributed by atoms with E-state index >= 15 is 0 Å². The van der Waals surface area contributed by atoms with E-state index in [1.165, 1.54) is 38.3 Å². The van der Waals surface area contributed by atoms with Gasteiger partial charge in [0.25, 0.3) is 15.9 Å². The second kappa shape index (κ2) is 12.1. The summed E-state index contributed by atoms with van der Waals surface area (Å²) < 4.78 is 34.2. The number of para-hydroxylation sites is 1. The smallest absolute Gasteiger partial charge is 0.262 e. The van der Waals surface area contributed by atoms with Gasteiger partial charge in [0, 0.05) is 37.8 Å². The molecule has 0 aromatic heterocycles. The fourth-order valence-corrected chi connectivity index (χ4v) is 4.63.